The maximum absolute atomic E-state index is 13.7. The number of pyridine rings is 1. The molecule has 4 fully saturated rings. The van der Waals surface area contributed by atoms with Gasteiger partial charge in [0.1, 0.15) is 23.1 Å². The number of methoxy groups -OCH3 is 1. The molecule has 1 saturated carbocycles. The van der Waals surface area contributed by atoms with Gasteiger partial charge in [0.2, 0.25) is 0 Å². The number of nitrogens with zero attached hydrogens (tertiary/aromatic N) is 2. The zero-order valence-electron chi connectivity index (χ0n) is 28.4. The molecule has 2 bridgehead atoms. The maximum atomic E-state index is 13.7. The van der Waals surface area contributed by atoms with Gasteiger partial charge in [-0.15, -0.1) is 11.3 Å². The van der Waals surface area contributed by atoms with Crippen molar-refractivity contribution in [2.24, 2.45) is 11.8 Å². The molecule has 0 spiro atoms. The molecular formula is C39H41Cl2N3O6S. The lowest BCUT2D eigenvalue weighted by molar-refractivity contribution is -0.161. The van der Waals surface area contributed by atoms with E-state index in [1.165, 1.54) is 23.7 Å². The van der Waals surface area contributed by atoms with E-state index < -0.39 is 18.1 Å². The van der Waals surface area contributed by atoms with Crippen LogP contribution < -0.4 is 14.8 Å². The molecule has 9 nitrogen and oxygen atoms in total. The number of hydrogen-bond acceptors (Lipinski definition) is 10. The van der Waals surface area contributed by atoms with Gasteiger partial charge in [-0.2, -0.15) is 0 Å². The number of piperidine rings is 3. The van der Waals surface area contributed by atoms with E-state index in [-0.39, 0.29) is 18.5 Å². The highest BCUT2D eigenvalue weighted by Crippen LogP contribution is 2.38. The highest BCUT2D eigenvalue weighted by molar-refractivity contribution is 7.13. The summed E-state index contributed by atoms with van der Waals surface area (Å²) in [5.74, 6) is 1.36. The van der Waals surface area contributed by atoms with E-state index in [0.29, 0.717) is 62.5 Å². The fraction of sp³-hybridized carbons (Fsp3) is 0.410. The Kier molecular flexibility index (Phi) is 11.4. The number of carbonyl (C=O) groups excluding carboxylic acids is 2. The predicted octanol–water partition coefficient (Wildman–Crippen LogP) is 7.86. The molecular weight excluding hydrogens is 709 g/mol. The highest BCUT2D eigenvalue weighted by Gasteiger charge is 2.38. The predicted molar refractivity (Wildman–Crippen MR) is 197 cm³/mol. The van der Waals surface area contributed by atoms with E-state index in [2.05, 4.69) is 15.2 Å². The number of thiophene rings is 1. The molecule has 3 saturated heterocycles. The smallest absolute Gasteiger partial charge is 0.348 e. The van der Waals surface area contributed by atoms with Gasteiger partial charge in [-0.1, -0.05) is 59.6 Å². The van der Waals surface area contributed by atoms with Crippen molar-refractivity contribution in [3.63, 3.8) is 0 Å². The lowest BCUT2D eigenvalue weighted by Crippen LogP contribution is -2.52. The Labute approximate surface area is 312 Å². The number of fused-ring (bicyclic) bond motifs is 3. The van der Waals surface area contributed by atoms with Crippen LogP contribution in [0.5, 0.6) is 11.5 Å². The van der Waals surface area contributed by atoms with Crippen LogP contribution in [0.3, 0.4) is 0 Å². The van der Waals surface area contributed by atoms with Crippen molar-refractivity contribution in [1.29, 1.82) is 0 Å². The topological polar surface area (TPSA) is 99.2 Å². The van der Waals surface area contributed by atoms with Crippen molar-refractivity contribution < 1.29 is 28.5 Å². The number of benzene rings is 2. The summed E-state index contributed by atoms with van der Waals surface area (Å²) in [7, 11) is 1.60. The SMILES string of the molecule is COc1ccc(C(Cc2c(Cl)cncc2Cl)OC(=O)c2ccc(CNC(C(=O)O[C@H]3CN4CCC3CC4)c3ccccc3)s2)cc1OCC1CC1. The summed E-state index contributed by atoms with van der Waals surface area (Å²) < 4.78 is 24.0. The Balaban J connectivity index is 1.06. The summed E-state index contributed by atoms with van der Waals surface area (Å²) in [6.07, 6.45) is 6.86. The number of rotatable bonds is 15. The fourth-order valence-electron chi connectivity index (χ4n) is 6.76. The zero-order valence-corrected chi connectivity index (χ0v) is 30.7. The minimum atomic E-state index is -0.739. The summed E-state index contributed by atoms with van der Waals surface area (Å²) in [6.45, 7) is 3.90. The summed E-state index contributed by atoms with van der Waals surface area (Å²) in [5, 5.41) is 4.16. The van der Waals surface area contributed by atoms with E-state index >= 15 is 0 Å². The van der Waals surface area contributed by atoms with Gasteiger partial charge in [0.15, 0.2) is 11.5 Å². The first-order valence-electron chi connectivity index (χ1n) is 17.4. The Morgan fingerprint density at radius 3 is 2.41 bits per heavy atom. The average Bonchev–Trinajstić information content (AvgIpc) is 3.87. The number of hydrogen-bond donors (Lipinski definition) is 1. The van der Waals surface area contributed by atoms with E-state index in [9.17, 15) is 9.59 Å². The van der Waals surface area contributed by atoms with Crippen LogP contribution in [0.1, 0.15) is 69.1 Å². The third-order valence-corrected chi connectivity index (χ3v) is 11.6. The largest absolute Gasteiger partial charge is 0.493 e. The summed E-state index contributed by atoms with van der Waals surface area (Å²) in [4.78, 5) is 35.1. The molecule has 1 aliphatic carbocycles. The molecule has 2 aromatic carbocycles. The number of nitrogens with one attached hydrogen (secondary N) is 1. The molecule has 3 aliphatic heterocycles. The first kappa shape index (κ1) is 35.7. The average molecular weight is 751 g/mol. The molecule has 0 radical (unpaired) electrons. The summed E-state index contributed by atoms with van der Waals surface area (Å²) in [6, 6.07) is 18.1. The van der Waals surface area contributed by atoms with Crippen LogP contribution in [0.2, 0.25) is 10.0 Å². The minimum absolute atomic E-state index is 0.0903. The molecule has 0 amide bonds. The van der Waals surface area contributed by atoms with Crippen LogP contribution in [0.25, 0.3) is 0 Å². The first-order chi connectivity index (χ1) is 24.8. The van der Waals surface area contributed by atoms with Crippen molar-refractivity contribution in [1.82, 2.24) is 15.2 Å². The van der Waals surface area contributed by atoms with Gasteiger partial charge in [0.05, 0.1) is 23.8 Å². The molecule has 51 heavy (non-hydrogen) atoms. The van der Waals surface area contributed by atoms with Crippen LogP contribution in [0.4, 0.5) is 0 Å². The Morgan fingerprint density at radius 1 is 0.961 bits per heavy atom. The maximum Gasteiger partial charge on any atom is 0.348 e. The molecule has 1 N–H and O–H groups in total. The van der Waals surface area contributed by atoms with Crippen LogP contribution in [0, 0.1) is 11.8 Å². The highest BCUT2D eigenvalue weighted by atomic mass is 35.5. The molecule has 4 aliphatic rings. The molecule has 2 unspecified atom stereocenters. The van der Waals surface area contributed by atoms with Gasteiger partial charge >= 0.3 is 11.9 Å². The van der Waals surface area contributed by atoms with Gasteiger partial charge in [0.25, 0.3) is 0 Å². The van der Waals surface area contributed by atoms with E-state index in [1.54, 1.807) is 13.2 Å². The number of halogens is 2. The summed E-state index contributed by atoms with van der Waals surface area (Å²) in [5.41, 5.74) is 2.16. The molecule has 268 valence electrons. The lowest BCUT2D eigenvalue weighted by Gasteiger charge is -2.44. The molecule has 8 rings (SSSR count). The Hall–Kier alpha value is -3.67. The van der Waals surface area contributed by atoms with Gasteiger partial charge in [-0.25, -0.2) is 9.59 Å². The third kappa shape index (κ3) is 8.87. The van der Waals surface area contributed by atoms with E-state index in [4.69, 9.17) is 42.1 Å². The molecule has 2 aromatic heterocycles. The van der Waals surface area contributed by atoms with Crippen LogP contribution in [0.15, 0.2) is 73.1 Å². The van der Waals surface area contributed by atoms with Crippen molar-refractivity contribution in [3.05, 3.63) is 110 Å². The number of carbonyl (C=O) groups is 2. The molecule has 4 aromatic rings. The minimum Gasteiger partial charge on any atom is -0.493 e. The number of aromatic nitrogens is 1. The van der Waals surface area contributed by atoms with Crippen LogP contribution in [-0.2, 0) is 27.2 Å². The van der Waals surface area contributed by atoms with Crippen molar-refractivity contribution in [3.8, 4) is 11.5 Å². The van der Waals surface area contributed by atoms with E-state index in [1.807, 2.05) is 54.6 Å². The Morgan fingerprint density at radius 2 is 1.73 bits per heavy atom. The second-order valence-corrected chi connectivity index (χ2v) is 15.4. The second kappa shape index (κ2) is 16.3. The normalized spacial score (nSPS) is 20.7. The molecule has 3 atom stereocenters. The third-order valence-electron chi connectivity index (χ3n) is 9.90. The van der Waals surface area contributed by atoms with Crippen LogP contribution in [-0.4, -0.2) is 61.3 Å². The van der Waals surface area contributed by atoms with Gasteiger partial charge in [-0.3, -0.25) is 15.2 Å². The van der Waals surface area contributed by atoms with Crippen molar-refractivity contribution >= 4 is 46.5 Å². The standard InChI is InChI=1S/C39H41Cl2N3O6S/c1-47-32-11-9-27(17-34(32)48-23-24-7-8-24)33(18-29-30(40)20-42-21-31(29)41)49-38(45)36-12-10-28(51-36)19-43-37(26-5-3-2-4-6-26)39(46)50-35-22-44-15-13-25(35)14-16-44/h2-6,9-12,17,20-21,24-25,33,35,37,43H,7-8,13-16,18-19,22-23H2,1H3/t33?,35-,37?/m0/s1. The number of esters is 2. The van der Waals surface area contributed by atoms with Gasteiger partial charge in [-0.05, 0) is 91.6 Å². The van der Waals surface area contributed by atoms with Gasteiger partial charge in [0, 0.05) is 36.8 Å². The van der Waals surface area contributed by atoms with Crippen molar-refractivity contribution in [2.45, 2.75) is 56.9 Å². The summed E-state index contributed by atoms with van der Waals surface area (Å²) >= 11 is 14.3. The second-order valence-electron chi connectivity index (χ2n) is 13.4. The molecule has 5 heterocycles. The quantitative estimate of drug-likeness (QED) is 0.122. The van der Waals surface area contributed by atoms with Crippen molar-refractivity contribution in [2.75, 3.05) is 33.4 Å². The van der Waals surface area contributed by atoms with E-state index in [0.717, 1.165) is 55.8 Å². The number of ether oxygens (including phenoxy) is 4. The molecule has 12 heteroatoms. The zero-order chi connectivity index (χ0) is 35.3. The van der Waals surface area contributed by atoms with Crippen LogP contribution >= 0.6 is 34.5 Å². The Bertz CT molecular complexity index is 1810. The van der Waals surface area contributed by atoms with Gasteiger partial charge < -0.3 is 18.9 Å². The fourth-order valence-corrected chi connectivity index (χ4v) is 8.12. The first-order valence-corrected chi connectivity index (χ1v) is 19.0. The monoisotopic (exact) mass is 749 g/mol. The lowest BCUT2D eigenvalue weighted by atomic mass is 9.86.